The molecule has 1 aliphatic carbocycles. The molecule has 2 aliphatic rings. The van der Waals surface area contributed by atoms with E-state index in [1.807, 2.05) is 0 Å². The topological polar surface area (TPSA) is 12.0 Å². The van der Waals surface area contributed by atoms with E-state index in [9.17, 15) is 22.0 Å². The van der Waals surface area contributed by atoms with Crippen molar-refractivity contribution in [3.05, 3.63) is 29.3 Å². The number of rotatable bonds is 0. The van der Waals surface area contributed by atoms with E-state index in [0.717, 1.165) is 6.07 Å². The minimum Gasteiger partial charge on any atom is -0.383 e. The fourth-order valence-electron chi connectivity index (χ4n) is 3.31. The van der Waals surface area contributed by atoms with Crippen molar-refractivity contribution < 1.29 is 22.0 Å². The van der Waals surface area contributed by atoms with E-state index < -0.39 is 23.1 Å². The Bertz CT molecular complexity index is 525. The van der Waals surface area contributed by atoms with Gasteiger partial charge in [0.1, 0.15) is 0 Å². The molecule has 0 saturated heterocycles. The third-order valence-corrected chi connectivity index (χ3v) is 4.48. The predicted molar refractivity (Wildman–Crippen MR) is 65.0 cm³/mol. The lowest BCUT2D eigenvalue weighted by molar-refractivity contribution is -0.137. The Morgan fingerprint density at radius 1 is 1.00 bits per heavy atom. The molecule has 1 aromatic rings. The summed E-state index contributed by atoms with van der Waals surface area (Å²) in [6.45, 7) is 0.311. The zero-order valence-corrected chi connectivity index (χ0v) is 10.7. The summed E-state index contributed by atoms with van der Waals surface area (Å²) in [6.07, 6.45) is -4.50. The first-order chi connectivity index (χ1) is 9.24. The van der Waals surface area contributed by atoms with Crippen LogP contribution in [-0.4, -0.2) is 12.5 Å². The molecule has 1 heterocycles. The fraction of sp³-hybridized carbons (Fsp3) is 0.571. The van der Waals surface area contributed by atoms with Gasteiger partial charge in [-0.1, -0.05) is 12.1 Å². The molecular weight excluding hydrogens is 277 g/mol. The van der Waals surface area contributed by atoms with Crippen molar-refractivity contribution in [2.45, 2.75) is 43.2 Å². The molecule has 0 aromatic heterocycles. The van der Waals surface area contributed by atoms with Gasteiger partial charge in [0, 0.05) is 24.8 Å². The van der Waals surface area contributed by atoms with E-state index >= 15 is 0 Å². The van der Waals surface area contributed by atoms with Gasteiger partial charge in [0.25, 0.3) is 0 Å². The zero-order chi connectivity index (χ0) is 14.6. The standard InChI is InChI=1S/C14H14F5N/c15-13(16)6-4-12(5-7-13)8-20-11-9(12)2-1-3-10(11)14(17,18)19/h1-3,20H,4-8H2. The van der Waals surface area contributed by atoms with Crippen LogP contribution in [-0.2, 0) is 11.6 Å². The highest BCUT2D eigenvalue weighted by Gasteiger charge is 2.49. The SMILES string of the molecule is FC1(F)CCC2(CC1)CNc1c(C(F)(F)F)cccc12. The largest absolute Gasteiger partial charge is 0.418 e. The van der Waals surface area contributed by atoms with Gasteiger partial charge in [0.15, 0.2) is 0 Å². The molecule has 1 saturated carbocycles. The molecule has 110 valence electrons. The van der Waals surface area contributed by atoms with E-state index in [-0.39, 0.29) is 31.4 Å². The molecule has 3 rings (SSSR count). The monoisotopic (exact) mass is 291 g/mol. The highest BCUT2D eigenvalue weighted by molar-refractivity contribution is 5.66. The zero-order valence-electron chi connectivity index (χ0n) is 10.7. The van der Waals surface area contributed by atoms with Crippen molar-refractivity contribution in [3.63, 3.8) is 0 Å². The Hall–Kier alpha value is -1.33. The molecule has 20 heavy (non-hydrogen) atoms. The van der Waals surface area contributed by atoms with Gasteiger partial charge in [-0.15, -0.1) is 0 Å². The van der Waals surface area contributed by atoms with Crippen molar-refractivity contribution >= 4 is 5.69 Å². The highest BCUT2D eigenvalue weighted by atomic mass is 19.4. The van der Waals surface area contributed by atoms with E-state index in [1.165, 1.54) is 6.07 Å². The second-order valence-electron chi connectivity index (χ2n) is 5.72. The summed E-state index contributed by atoms with van der Waals surface area (Å²) < 4.78 is 65.5. The minimum atomic E-state index is -4.43. The number of fused-ring (bicyclic) bond motifs is 2. The molecular formula is C14H14F5N. The number of benzene rings is 1. The van der Waals surface area contributed by atoms with E-state index in [2.05, 4.69) is 5.32 Å². The lowest BCUT2D eigenvalue weighted by atomic mass is 9.69. The Balaban J connectivity index is 2.00. The molecule has 0 bridgehead atoms. The van der Waals surface area contributed by atoms with Crippen molar-refractivity contribution in [3.8, 4) is 0 Å². The first-order valence-corrected chi connectivity index (χ1v) is 6.56. The fourth-order valence-corrected chi connectivity index (χ4v) is 3.31. The molecule has 0 radical (unpaired) electrons. The first-order valence-electron chi connectivity index (χ1n) is 6.56. The number of para-hydroxylation sites is 1. The Morgan fingerprint density at radius 3 is 2.25 bits per heavy atom. The average molecular weight is 291 g/mol. The van der Waals surface area contributed by atoms with Gasteiger partial charge in [-0.05, 0) is 24.5 Å². The summed E-state index contributed by atoms with van der Waals surface area (Å²) in [4.78, 5) is 0. The van der Waals surface area contributed by atoms with Gasteiger partial charge in [-0.25, -0.2) is 8.78 Å². The van der Waals surface area contributed by atoms with Gasteiger partial charge in [-0.2, -0.15) is 13.2 Å². The quantitative estimate of drug-likeness (QED) is 0.690. The summed E-state index contributed by atoms with van der Waals surface area (Å²) in [5, 5.41) is 2.80. The van der Waals surface area contributed by atoms with Crippen LogP contribution in [0.15, 0.2) is 18.2 Å². The third-order valence-electron chi connectivity index (χ3n) is 4.48. The van der Waals surface area contributed by atoms with Gasteiger partial charge in [-0.3, -0.25) is 0 Å². The van der Waals surface area contributed by atoms with Crippen LogP contribution < -0.4 is 5.32 Å². The number of hydrogen-bond donors (Lipinski definition) is 1. The minimum absolute atomic E-state index is 0.0743. The molecule has 1 fully saturated rings. The normalized spacial score (nSPS) is 23.4. The molecule has 0 unspecified atom stereocenters. The van der Waals surface area contributed by atoms with Crippen LogP contribution in [0.4, 0.5) is 27.6 Å². The van der Waals surface area contributed by atoms with Gasteiger partial charge in [0.2, 0.25) is 5.92 Å². The maximum atomic E-state index is 13.3. The average Bonchev–Trinajstić information content (AvgIpc) is 2.72. The van der Waals surface area contributed by atoms with E-state index in [0.29, 0.717) is 12.1 Å². The van der Waals surface area contributed by atoms with Crippen LogP contribution in [0.3, 0.4) is 0 Å². The molecule has 1 spiro atoms. The number of alkyl halides is 5. The second-order valence-corrected chi connectivity index (χ2v) is 5.72. The summed E-state index contributed by atoms with van der Waals surface area (Å²) in [5.74, 6) is -2.68. The molecule has 1 aliphatic heterocycles. The Kier molecular flexibility index (Phi) is 2.79. The molecule has 0 amide bonds. The smallest absolute Gasteiger partial charge is 0.383 e. The molecule has 1 nitrogen and oxygen atoms in total. The Labute approximate surface area is 113 Å². The van der Waals surface area contributed by atoms with Crippen molar-refractivity contribution in [1.29, 1.82) is 0 Å². The van der Waals surface area contributed by atoms with Crippen molar-refractivity contribution in [2.24, 2.45) is 0 Å². The van der Waals surface area contributed by atoms with Crippen LogP contribution in [0.25, 0.3) is 0 Å². The number of hydrogen-bond acceptors (Lipinski definition) is 1. The third kappa shape index (κ3) is 2.05. The van der Waals surface area contributed by atoms with E-state index in [4.69, 9.17) is 0 Å². The summed E-state index contributed by atoms with van der Waals surface area (Å²) in [7, 11) is 0. The van der Waals surface area contributed by atoms with Crippen molar-refractivity contribution in [2.75, 3.05) is 11.9 Å². The number of anilines is 1. The highest BCUT2D eigenvalue weighted by Crippen LogP contribution is 2.52. The summed E-state index contributed by atoms with van der Waals surface area (Å²) in [5.41, 5.74) is -0.657. The van der Waals surface area contributed by atoms with E-state index in [1.54, 1.807) is 6.07 Å². The number of nitrogens with one attached hydrogen (secondary N) is 1. The Morgan fingerprint density at radius 2 is 1.65 bits per heavy atom. The number of halogens is 5. The maximum absolute atomic E-state index is 13.3. The van der Waals surface area contributed by atoms with Crippen LogP contribution in [0.2, 0.25) is 0 Å². The van der Waals surface area contributed by atoms with Crippen LogP contribution in [0.1, 0.15) is 36.8 Å². The summed E-state index contributed by atoms with van der Waals surface area (Å²) in [6, 6.07) is 4.03. The van der Waals surface area contributed by atoms with Crippen molar-refractivity contribution in [1.82, 2.24) is 0 Å². The van der Waals surface area contributed by atoms with Crippen LogP contribution in [0, 0.1) is 0 Å². The first kappa shape index (κ1) is 13.6. The second kappa shape index (κ2) is 4.09. The lowest BCUT2D eigenvalue weighted by Gasteiger charge is -2.37. The van der Waals surface area contributed by atoms with Crippen LogP contribution >= 0.6 is 0 Å². The van der Waals surface area contributed by atoms with Gasteiger partial charge in [0.05, 0.1) is 11.3 Å². The van der Waals surface area contributed by atoms with Gasteiger partial charge < -0.3 is 5.32 Å². The predicted octanol–water partition coefficient (Wildman–Crippen LogP) is 4.58. The molecule has 0 atom stereocenters. The lowest BCUT2D eigenvalue weighted by Crippen LogP contribution is -2.37. The summed E-state index contributed by atoms with van der Waals surface area (Å²) >= 11 is 0. The van der Waals surface area contributed by atoms with Gasteiger partial charge >= 0.3 is 6.18 Å². The maximum Gasteiger partial charge on any atom is 0.418 e. The van der Waals surface area contributed by atoms with Crippen LogP contribution in [0.5, 0.6) is 0 Å². The molecule has 1 aromatic carbocycles. The molecule has 6 heteroatoms. The molecule has 1 N–H and O–H groups in total.